The lowest BCUT2D eigenvalue weighted by Gasteiger charge is -2.18. The molecule has 0 saturated heterocycles. The quantitative estimate of drug-likeness (QED) is 0.638. The molecule has 0 spiro atoms. The van der Waals surface area contributed by atoms with Crippen LogP contribution in [0.15, 0.2) is 17.0 Å². The molecule has 0 heterocycles. The Kier molecular flexibility index (Phi) is 8.61. The molecule has 0 aliphatic carbocycles. The normalized spacial score (nSPS) is 9.59. The maximum atomic E-state index is 4.24. The first kappa shape index (κ1) is 16.7. The van der Waals surface area contributed by atoms with Crippen molar-refractivity contribution in [3.8, 4) is 0 Å². The number of anilines is 1. The van der Waals surface area contributed by atoms with Gasteiger partial charge in [-0.05, 0) is 36.8 Å². The Morgan fingerprint density at radius 2 is 1.71 bits per heavy atom. The third-order valence-electron chi connectivity index (χ3n) is 2.32. The molecule has 1 nitrogen and oxygen atoms in total. The molecule has 17 heavy (non-hydrogen) atoms. The highest BCUT2D eigenvalue weighted by Gasteiger charge is 2.06. The molecule has 0 bridgehead atoms. The zero-order chi connectivity index (χ0) is 13.4. The minimum Gasteiger partial charge on any atom is -0.377 e. The molecule has 0 aliphatic heterocycles. The smallest absolute Gasteiger partial charge is 0.0402 e. The van der Waals surface area contributed by atoms with Crippen molar-refractivity contribution in [2.45, 2.75) is 32.6 Å². The lowest BCUT2D eigenvalue weighted by molar-refractivity contribution is 1.09. The minimum atomic E-state index is 0.926. The van der Waals surface area contributed by atoms with Crippen LogP contribution in [0.25, 0.3) is 0 Å². The van der Waals surface area contributed by atoms with E-state index in [9.17, 15) is 0 Å². The Balaban J connectivity index is 0.00000121. The Morgan fingerprint density at radius 1 is 1.12 bits per heavy atom. The maximum Gasteiger partial charge on any atom is 0.0402 e. The van der Waals surface area contributed by atoms with Crippen LogP contribution in [0.1, 0.15) is 25.0 Å². The molecular weight excluding hydrogens is 246 g/mol. The highest BCUT2D eigenvalue weighted by molar-refractivity contribution is 8.00. The second kappa shape index (κ2) is 8.76. The standard InChI is InChI=1S/C12H19NS2.C2H6/c1-9-7-10(2)12(15-6-5-14)8-11(9)13(3)4;1-2/h7-8,14H,5-6H2,1-4H3;1-2H3. The van der Waals surface area contributed by atoms with E-state index in [1.807, 2.05) is 25.6 Å². The fourth-order valence-electron chi connectivity index (χ4n) is 1.61. The Bertz CT molecular complexity index is 335. The number of hydrogen-bond donors (Lipinski definition) is 1. The van der Waals surface area contributed by atoms with Crippen LogP contribution in [0, 0.1) is 13.8 Å². The van der Waals surface area contributed by atoms with Crippen LogP contribution in [0.2, 0.25) is 0 Å². The highest BCUT2D eigenvalue weighted by atomic mass is 32.2. The van der Waals surface area contributed by atoms with E-state index in [1.54, 1.807) is 0 Å². The zero-order valence-electron chi connectivity index (χ0n) is 11.9. The molecule has 98 valence electrons. The van der Waals surface area contributed by atoms with Crippen molar-refractivity contribution in [2.24, 2.45) is 0 Å². The molecule has 1 aromatic rings. The summed E-state index contributed by atoms with van der Waals surface area (Å²) in [5.74, 6) is 2.00. The number of thioether (sulfide) groups is 1. The number of rotatable bonds is 4. The number of aryl methyl sites for hydroxylation is 2. The van der Waals surface area contributed by atoms with E-state index in [-0.39, 0.29) is 0 Å². The van der Waals surface area contributed by atoms with Gasteiger partial charge in [0.15, 0.2) is 0 Å². The average Bonchev–Trinajstić information content (AvgIpc) is 2.30. The summed E-state index contributed by atoms with van der Waals surface area (Å²) in [4.78, 5) is 3.54. The van der Waals surface area contributed by atoms with Crippen LogP contribution in [-0.4, -0.2) is 25.6 Å². The van der Waals surface area contributed by atoms with Crippen molar-refractivity contribution in [2.75, 3.05) is 30.5 Å². The van der Waals surface area contributed by atoms with Crippen molar-refractivity contribution < 1.29 is 0 Å². The number of nitrogens with zero attached hydrogens (tertiary/aromatic N) is 1. The monoisotopic (exact) mass is 271 g/mol. The van der Waals surface area contributed by atoms with Gasteiger partial charge in [-0.15, -0.1) is 11.8 Å². The van der Waals surface area contributed by atoms with Crippen molar-refractivity contribution in [1.29, 1.82) is 0 Å². The van der Waals surface area contributed by atoms with Crippen molar-refractivity contribution in [3.05, 3.63) is 23.3 Å². The molecule has 0 fully saturated rings. The molecule has 3 heteroatoms. The summed E-state index contributed by atoms with van der Waals surface area (Å²) in [6, 6.07) is 4.54. The first-order chi connectivity index (χ1) is 8.06. The molecule has 0 atom stereocenters. The molecule has 0 saturated carbocycles. The summed E-state index contributed by atoms with van der Waals surface area (Å²) in [5.41, 5.74) is 4.01. The molecule has 0 aliphatic rings. The van der Waals surface area contributed by atoms with Crippen LogP contribution >= 0.6 is 24.4 Å². The van der Waals surface area contributed by atoms with Crippen LogP contribution in [0.4, 0.5) is 5.69 Å². The third-order valence-corrected chi connectivity index (χ3v) is 4.01. The highest BCUT2D eigenvalue weighted by Crippen LogP contribution is 2.29. The average molecular weight is 271 g/mol. The molecule has 0 N–H and O–H groups in total. The SMILES string of the molecule is CC.Cc1cc(C)c(N(C)C)cc1SCCS. The Morgan fingerprint density at radius 3 is 2.18 bits per heavy atom. The third kappa shape index (κ3) is 5.26. The van der Waals surface area contributed by atoms with Crippen LogP contribution < -0.4 is 4.90 Å². The number of benzene rings is 1. The number of hydrogen-bond acceptors (Lipinski definition) is 3. The minimum absolute atomic E-state index is 0.926. The van der Waals surface area contributed by atoms with Gasteiger partial charge in [0.2, 0.25) is 0 Å². The summed E-state index contributed by atoms with van der Waals surface area (Å²) in [7, 11) is 4.18. The van der Waals surface area contributed by atoms with E-state index in [2.05, 4.69) is 57.6 Å². The fraction of sp³-hybridized carbons (Fsp3) is 0.571. The van der Waals surface area contributed by atoms with Gasteiger partial charge in [-0.25, -0.2) is 0 Å². The first-order valence-electron chi connectivity index (χ1n) is 6.08. The van der Waals surface area contributed by atoms with E-state index >= 15 is 0 Å². The molecule has 0 unspecified atom stereocenters. The van der Waals surface area contributed by atoms with Crippen molar-refractivity contribution >= 4 is 30.1 Å². The van der Waals surface area contributed by atoms with Crippen LogP contribution in [0.5, 0.6) is 0 Å². The van der Waals surface area contributed by atoms with Gasteiger partial charge in [-0.3, -0.25) is 0 Å². The fourth-order valence-corrected chi connectivity index (χ4v) is 2.68. The van der Waals surface area contributed by atoms with Gasteiger partial charge in [0, 0.05) is 30.4 Å². The summed E-state index contributed by atoms with van der Waals surface area (Å²) < 4.78 is 0. The summed E-state index contributed by atoms with van der Waals surface area (Å²) >= 11 is 6.12. The number of thiol groups is 1. The summed E-state index contributed by atoms with van der Waals surface area (Å²) in [5, 5.41) is 0. The second-order valence-corrected chi connectivity index (χ2v) is 5.45. The van der Waals surface area contributed by atoms with Gasteiger partial charge in [-0.2, -0.15) is 12.6 Å². The first-order valence-corrected chi connectivity index (χ1v) is 7.70. The predicted octanol–water partition coefficient (Wildman–Crippen LogP) is 4.42. The molecular formula is C14H25NS2. The summed E-state index contributed by atoms with van der Waals surface area (Å²) in [6.45, 7) is 8.34. The molecule has 0 amide bonds. The summed E-state index contributed by atoms with van der Waals surface area (Å²) in [6.07, 6.45) is 0. The van der Waals surface area contributed by atoms with Gasteiger partial charge in [0.05, 0.1) is 0 Å². The van der Waals surface area contributed by atoms with Gasteiger partial charge in [-0.1, -0.05) is 19.9 Å². The largest absolute Gasteiger partial charge is 0.377 e. The van der Waals surface area contributed by atoms with Crippen LogP contribution in [0.3, 0.4) is 0 Å². The topological polar surface area (TPSA) is 3.24 Å². The van der Waals surface area contributed by atoms with Crippen molar-refractivity contribution in [1.82, 2.24) is 0 Å². The lowest BCUT2D eigenvalue weighted by atomic mass is 10.1. The van der Waals surface area contributed by atoms with Gasteiger partial charge in [0.1, 0.15) is 0 Å². The zero-order valence-corrected chi connectivity index (χ0v) is 13.6. The molecule has 0 radical (unpaired) electrons. The van der Waals surface area contributed by atoms with E-state index < -0.39 is 0 Å². The molecule has 0 aromatic heterocycles. The Hall–Kier alpha value is -0.280. The van der Waals surface area contributed by atoms with E-state index in [1.165, 1.54) is 21.7 Å². The van der Waals surface area contributed by atoms with Gasteiger partial charge >= 0.3 is 0 Å². The maximum absolute atomic E-state index is 4.24. The second-order valence-electron chi connectivity index (χ2n) is 3.87. The van der Waals surface area contributed by atoms with Gasteiger partial charge in [0.25, 0.3) is 0 Å². The van der Waals surface area contributed by atoms with Gasteiger partial charge < -0.3 is 4.90 Å². The van der Waals surface area contributed by atoms with Crippen LogP contribution in [-0.2, 0) is 0 Å². The molecule has 1 rings (SSSR count). The van der Waals surface area contributed by atoms with E-state index in [0.29, 0.717) is 0 Å². The van der Waals surface area contributed by atoms with E-state index in [0.717, 1.165) is 11.5 Å². The molecule has 1 aromatic carbocycles. The van der Waals surface area contributed by atoms with Crippen molar-refractivity contribution in [3.63, 3.8) is 0 Å². The lowest BCUT2D eigenvalue weighted by Crippen LogP contribution is -2.10. The predicted molar refractivity (Wildman–Crippen MR) is 86.2 cm³/mol. The Labute approximate surface area is 116 Å². The van der Waals surface area contributed by atoms with E-state index in [4.69, 9.17) is 0 Å².